The first kappa shape index (κ1) is 14.5. The maximum absolute atomic E-state index is 11.6. The van der Waals surface area contributed by atoms with E-state index in [1.165, 1.54) is 0 Å². The Morgan fingerprint density at radius 2 is 2.24 bits per heavy atom. The van der Waals surface area contributed by atoms with Crippen molar-refractivity contribution in [3.8, 4) is 0 Å². The van der Waals surface area contributed by atoms with Crippen molar-refractivity contribution >= 4 is 5.91 Å². The Balaban J connectivity index is 2.10. The average molecular weight is 242 g/mol. The third kappa shape index (κ3) is 6.03. The predicted octanol–water partition coefficient (Wildman–Crippen LogP) is 1.04. The summed E-state index contributed by atoms with van der Waals surface area (Å²) in [6.07, 6.45) is 4.81. The van der Waals surface area contributed by atoms with Crippen LogP contribution in [0.4, 0.5) is 0 Å². The molecule has 0 aromatic rings. The molecule has 0 bridgehead atoms. The fraction of sp³-hybridized carbons (Fsp3) is 0.923. The molecule has 0 aromatic heterocycles. The molecule has 100 valence electrons. The summed E-state index contributed by atoms with van der Waals surface area (Å²) in [6.45, 7) is 5.27. The van der Waals surface area contributed by atoms with Gasteiger partial charge in [-0.05, 0) is 38.5 Å². The second-order valence-electron chi connectivity index (χ2n) is 5.18. The molecule has 0 aromatic carbocycles. The van der Waals surface area contributed by atoms with Crippen molar-refractivity contribution < 1.29 is 9.90 Å². The van der Waals surface area contributed by atoms with Gasteiger partial charge in [0.1, 0.15) is 0 Å². The van der Waals surface area contributed by atoms with Crippen molar-refractivity contribution in [1.82, 2.24) is 10.6 Å². The van der Waals surface area contributed by atoms with Gasteiger partial charge < -0.3 is 15.7 Å². The van der Waals surface area contributed by atoms with E-state index < -0.39 is 0 Å². The van der Waals surface area contributed by atoms with Crippen molar-refractivity contribution in [3.63, 3.8) is 0 Å². The van der Waals surface area contributed by atoms with Gasteiger partial charge in [-0.2, -0.15) is 0 Å². The first-order valence-corrected chi connectivity index (χ1v) is 6.80. The molecule has 0 spiro atoms. The largest absolute Gasteiger partial charge is 0.393 e. The van der Waals surface area contributed by atoms with Crippen LogP contribution in [-0.4, -0.2) is 36.2 Å². The molecule has 1 aliphatic carbocycles. The van der Waals surface area contributed by atoms with Crippen LogP contribution < -0.4 is 10.6 Å². The summed E-state index contributed by atoms with van der Waals surface area (Å²) in [4.78, 5) is 11.6. The number of nitrogens with one attached hydrogen (secondary N) is 2. The van der Waals surface area contributed by atoms with Crippen LogP contribution in [0.3, 0.4) is 0 Å². The maximum atomic E-state index is 11.6. The molecule has 1 aliphatic rings. The molecule has 4 heteroatoms. The maximum Gasteiger partial charge on any atom is 0.233 e. The van der Waals surface area contributed by atoms with E-state index in [0.717, 1.165) is 32.1 Å². The van der Waals surface area contributed by atoms with Crippen LogP contribution >= 0.6 is 0 Å². The van der Waals surface area contributed by atoms with E-state index in [4.69, 9.17) is 0 Å². The molecular weight excluding hydrogens is 216 g/mol. The zero-order valence-corrected chi connectivity index (χ0v) is 11.0. The molecule has 1 fully saturated rings. The number of hydrogen-bond donors (Lipinski definition) is 3. The van der Waals surface area contributed by atoms with E-state index in [1.54, 1.807) is 0 Å². The number of carbonyl (C=O) groups is 1. The van der Waals surface area contributed by atoms with Crippen LogP contribution in [0.15, 0.2) is 0 Å². The standard InChI is InChI=1S/C13H26N2O2/c1-3-10(2)14-9-13(17)15-8-11-5-4-6-12(16)7-11/h10-12,14,16H,3-9H2,1-2H3,(H,15,17). The third-order valence-corrected chi connectivity index (χ3v) is 3.57. The van der Waals surface area contributed by atoms with E-state index in [-0.39, 0.29) is 12.0 Å². The van der Waals surface area contributed by atoms with Crippen LogP contribution in [0.1, 0.15) is 46.0 Å². The zero-order valence-electron chi connectivity index (χ0n) is 11.0. The molecule has 0 radical (unpaired) electrons. The summed E-state index contributed by atoms with van der Waals surface area (Å²) >= 11 is 0. The van der Waals surface area contributed by atoms with Gasteiger partial charge in [-0.25, -0.2) is 0 Å². The van der Waals surface area contributed by atoms with Gasteiger partial charge in [-0.3, -0.25) is 4.79 Å². The van der Waals surface area contributed by atoms with E-state index in [0.29, 0.717) is 25.0 Å². The topological polar surface area (TPSA) is 61.4 Å². The van der Waals surface area contributed by atoms with Crippen molar-refractivity contribution in [1.29, 1.82) is 0 Å². The minimum absolute atomic E-state index is 0.0605. The van der Waals surface area contributed by atoms with Crippen LogP contribution in [0, 0.1) is 5.92 Å². The van der Waals surface area contributed by atoms with E-state index in [1.807, 2.05) is 0 Å². The Morgan fingerprint density at radius 1 is 1.47 bits per heavy atom. The Labute approximate surface area is 104 Å². The van der Waals surface area contributed by atoms with Crippen LogP contribution in [0.25, 0.3) is 0 Å². The molecule has 0 heterocycles. The summed E-state index contributed by atoms with van der Waals surface area (Å²) in [7, 11) is 0. The number of amides is 1. The SMILES string of the molecule is CCC(C)NCC(=O)NCC1CCCC(O)C1. The Kier molecular flexibility index (Phi) is 6.52. The van der Waals surface area contributed by atoms with E-state index in [9.17, 15) is 9.90 Å². The van der Waals surface area contributed by atoms with Gasteiger partial charge in [-0.15, -0.1) is 0 Å². The lowest BCUT2D eigenvalue weighted by atomic mass is 9.87. The van der Waals surface area contributed by atoms with E-state index in [2.05, 4.69) is 24.5 Å². The highest BCUT2D eigenvalue weighted by atomic mass is 16.3. The molecule has 3 atom stereocenters. The van der Waals surface area contributed by atoms with Gasteiger partial charge in [0.2, 0.25) is 5.91 Å². The number of carbonyl (C=O) groups excluding carboxylic acids is 1. The highest BCUT2D eigenvalue weighted by molar-refractivity contribution is 5.77. The van der Waals surface area contributed by atoms with Crippen molar-refractivity contribution in [2.24, 2.45) is 5.92 Å². The minimum Gasteiger partial charge on any atom is -0.393 e. The average Bonchev–Trinajstić information content (AvgIpc) is 2.33. The molecule has 3 N–H and O–H groups in total. The van der Waals surface area contributed by atoms with Crippen molar-refractivity contribution in [3.05, 3.63) is 0 Å². The van der Waals surface area contributed by atoms with Gasteiger partial charge in [0, 0.05) is 12.6 Å². The Morgan fingerprint density at radius 3 is 2.88 bits per heavy atom. The smallest absolute Gasteiger partial charge is 0.233 e. The Bertz CT molecular complexity index is 233. The highest BCUT2D eigenvalue weighted by Crippen LogP contribution is 2.23. The van der Waals surface area contributed by atoms with Gasteiger partial charge in [0.25, 0.3) is 0 Å². The summed E-state index contributed by atoms with van der Waals surface area (Å²) in [5, 5.41) is 15.6. The van der Waals surface area contributed by atoms with Crippen LogP contribution in [-0.2, 0) is 4.79 Å². The lowest BCUT2D eigenvalue weighted by molar-refractivity contribution is -0.120. The molecule has 0 saturated heterocycles. The zero-order chi connectivity index (χ0) is 12.7. The van der Waals surface area contributed by atoms with Crippen molar-refractivity contribution in [2.45, 2.75) is 58.1 Å². The first-order chi connectivity index (χ1) is 8.11. The predicted molar refractivity (Wildman–Crippen MR) is 68.7 cm³/mol. The van der Waals surface area contributed by atoms with Gasteiger partial charge in [0.05, 0.1) is 12.6 Å². The van der Waals surface area contributed by atoms with Crippen LogP contribution in [0.5, 0.6) is 0 Å². The highest BCUT2D eigenvalue weighted by Gasteiger charge is 2.20. The quantitative estimate of drug-likeness (QED) is 0.652. The Hall–Kier alpha value is -0.610. The lowest BCUT2D eigenvalue weighted by Crippen LogP contribution is -2.40. The summed E-state index contributed by atoms with van der Waals surface area (Å²) in [5.74, 6) is 0.511. The number of rotatable bonds is 6. The second-order valence-corrected chi connectivity index (χ2v) is 5.18. The molecule has 0 aliphatic heterocycles. The molecular formula is C13H26N2O2. The molecule has 1 rings (SSSR count). The normalized spacial score (nSPS) is 26.5. The lowest BCUT2D eigenvalue weighted by Gasteiger charge is -2.26. The number of aliphatic hydroxyl groups excluding tert-OH is 1. The fourth-order valence-corrected chi connectivity index (χ4v) is 2.18. The van der Waals surface area contributed by atoms with Gasteiger partial charge in [-0.1, -0.05) is 13.3 Å². The second kappa shape index (κ2) is 7.67. The first-order valence-electron chi connectivity index (χ1n) is 6.80. The molecule has 4 nitrogen and oxygen atoms in total. The summed E-state index contributed by atoms with van der Waals surface area (Å²) in [6, 6.07) is 0.386. The van der Waals surface area contributed by atoms with Crippen LogP contribution in [0.2, 0.25) is 0 Å². The van der Waals surface area contributed by atoms with Crippen molar-refractivity contribution in [2.75, 3.05) is 13.1 Å². The molecule has 1 amide bonds. The van der Waals surface area contributed by atoms with Gasteiger partial charge in [0.15, 0.2) is 0 Å². The molecule has 17 heavy (non-hydrogen) atoms. The molecule has 3 unspecified atom stereocenters. The number of hydrogen-bond acceptors (Lipinski definition) is 3. The molecule has 1 saturated carbocycles. The summed E-state index contributed by atoms with van der Waals surface area (Å²) in [5.41, 5.74) is 0. The number of aliphatic hydroxyl groups is 1. The fourth-order valence-electron chi connectivity index (χ4n) is 2.18. The monoisotopic (exact) mass is 242 g/mol. The third-order valence-electron chi connectivity index (χ3n) is 3.57. The van der Waals surface area contributed by atoms with Gasteiger partial charge >= 0.3 is 0 Å². The van der Waals surface area contributed by atoms with E-state index >= 15 is 0 Å². The summed E-state index contributed by atoms with van der Waals surface area (Å²) < 4.78 is 0. The minimum atomic E-state index is -0.163.